The van der Waals surface area contributed by atoms with Gasteiger partial charge < -0.3 is 9.69 Å². The molecule has 0 spiro atoms. The van der Waals surface area contributed by atoms with Crippen LogP contribution >= 0.6 is 8.07 Å². The molecule has 0 saturated heterocycles. The lowest BCUT2D eigenvalue weighted by Crippen LogP contribution is -2.34. The van der Waals surface area contributed by atoms with E-state index in [1.165, 1.54) is 7.48 Å². The number of hydrogen-bond donors (Lipinski definition) is 1. The lowest BCUT2D eigenvalue weighted by Gasteiger charge is -2.41. The molecule has 1 aliphatic heterocycles. The van der Waals surface area contributed by atoms with Crippen molar-refractivity contribution >= 4 is 43.1 Å². The number of nitrogens with zero attached hydrogens (tertiary/aromatic N) is 2. The molecule has 215 valence electrons. The van der Waals surface area contributed by atoms with Crippen LogP contribution in [-0.2, 0) is 0 Å². The number of para-hydroxylation sites is 2. The highest BCUT2D eigenvalue weighted by Crippen LogP contribution is 2.57. The summed E-state index contributed by atoms with van der Waals surface area (Å²) in [5, 5.41) is 11.4. The average Bonchev–Trinajstić information content (AvgIpc) is 3.15. The van der Waals surface area contributed by atoms with Crippen molar-refractivity contribution in [2.24, 2.45) is 0 Å². The monoisotopic (exact) mass is 605 g/mol. The Morgan fingerprint density at radius 1 is 0.609 bits per heavy atom. The second-order valence-electron chi connectivity index (χ2n) is 11.1. The molecular weight excluding hydrogens is 578 g/mol. The first-order valence-electron chi connectivity index (χ1n) is 15.2. The average molecular weight is 605 g/mol. The molecular formula is C41H27BN2OP. The molecule has 0 bridgehead atoms. The maximum Gasteiger partial charge on any atom is 0.326 e. The Morgan fingerprint density at radius 2 is 1.30 bits per heavy atom. The molecule has 46 heavy (non-hydrogen) atoms. The van der Waals surface area contributed by atoms with Crippen LogP contribution in [0, 0.1) is 12.1 Å². The molecule has 1 unspecified atom stereocenters. The van der Waals surface area contributed by atoms with Crippen LogP contribution in [0.1, 0.15) is 0 Å². The number of pyridine rings is 1. The van der Waals surface area contributed by atoms with Gasteiger partial charge >= 0.3 is 7.48 Å². The highest BCUT2D eigenvalue weighted by atomic mass is 31.1. The lowest BCUT2D eigenvalue weighted by atomic mass is 9.87. The third-order valence-electron chi connectivity index (χ3n) is 8.32. The van der Waals surface area contributed by atoms with Crippen LogP contribution in [0.4, 0.5) is 11.4 Å². The number of benzene rings is 5. The third kappa shape index (κ3) is 4.97. The summed E-state index contributed by atoms with van der Waals surface area (Å²) in [6.45, 7) is 0. The molecule has 1 aromatic heterocycles. The van der Waals surface area contributed by atoms with Crippen LogP contribution in [0.15, 0.2) is 158 Å². The van der Waals surface area contributed by atoms with Gasteiger partial charge in [-0.1, -0.05) is 133 Å². The second kappa shape index (κ2) is 12.1. The summed E-state index contributed by atoms with van der Waals surface area (Å²) in [4.78, 5) is 5.62. The first-order chi connectivity index (χ1) is 22.8. The van der Waals surface area contributed by atoms with E-state index in [4.69, 9.17) is 4.98 Å². The van der Waals surface area contributed by atoms with Gasteiger partial charge in [-0.2, -0.15) is 0 Å². The van der Waals surface area contributed by atoms with E-state index in [0.29, 0.717) is 0 Å². The molecule has 1 radical (unpaired) electrons. The van der Waals surface area contributed by atoms with Crippen molar-refractivity contribution in [1.29, 1.82) is 0 Å². The summed E-state index contributed by atoms with van der Waals surface area (Å²) < 4.78 is 2.46. The van der Waals surface area contributed by atoms with Gasteiger partial charge in [0.1, 0.15) is 0 Å². The Hall–Kier alpha value is -5.46. The van der Waals surface area contributed by atoms with Crippen molar-refractivity contribution in [1.82, 2.24) is 4.98 Å². The fourth-order valence-electron chi connectivity index (χ4n) is 6.24. The Morgan fingerprint density at radius 3 is 2.02 bits per heavy atom. The number of hydrogen-bond acceptors (Lipinski definition) is 3. The summed E-state index contributed by atoms with van der Waals surface area (Å²) in [5.74, 6) is 0. The van der Waals surface area contributed by atoms with Gasteiger partial charge in [0.2, 0.25) is 0 Å². The van der Waals surface area contributed by atoms with Crippen molar-refractivity contribution in [2.45, 2.75) is 0 Å². The molecule has 0 amide bonds. The van der Waals surface area contributed by atoms with Crippen LogP contribution in [0.25, 0.3) is 44.6 Å². The van der Waals surface area contributed by atoms with Crippen molar-refractivity contribution in [3.05, 3.63) is 170 Å². The van der Waals surface area contributed by atoms with E-state index in [2.05, 4.69) is 150 Å². The van der Waals surface area contributed by atoms with Gasteiger partial charge in [0.15, 0.2) is 0 Å². The summed E-state index contributed by atoms with van der Waals surface area (Å²) in [7, 11) is -0.134. The third-order valence-corrected chi connectivity index (χ3v) is 10.7. The minimum Gasteiger partial charge on any atom is -0.450 e. The van der Waals surface area contributed by atoms with Gasteiger partial charge in [-0.25, -0.2) is 4.98 Å². The van der Waals surface area contributed by atoms with Crippen LogP contribution in [0.2, 0.25) is 0 Å². The SMILES string of the molecule is O[B]c1ccc2c(c1)P(c1nc(-c3ccccc3)cc(-c3ccccc3)c1-c1cc#ccc1)N(c1ccccc1)c1ccccc1-2. The lowest BCUT2D eigenvalue weighted by molar-refractivity contribution is 0.615. The molecule has 0 aliphatic carbocycles. The van der Waals surface area contributed by atoms with Crippen LogP contribution in [0.3, 0.4) is 0 Å². The number of aromatic nitrogens is 1. The topological polar surface area (TPSA) is 36.4 Å². The molecule has 5 heteroatoms. The Bertz CT molecular complexity index is 2140. The zero-order chi connectivity index (χ0) is 30.9. The van der Waals surface area contributed by atoms with E-state index < -0.39 is 8.07 Å². The van der Waals surface area contributed by atoms with Gasteiger partial charge in [0.25, 0.3) is 0 Å². The van der Waals surface area contributed by atoms with Crippen LogP contribution < -0.4 is 20.9 Å². The van der Waals surface area contributed by atoms with E-state index in [9.17, 15) is 5.02 Å². The van der Waals surface area contributed by atoms with Crippen molar-refractivity contribution in [2.75, 3.05) is 4.67 Å². The molecule has 1 N–H and O–H groups in total. The molecule has 3 nitrogen and oxygen atoms in total. The minimum atomic E-state index is -1.32. The highest BCUT2D eigenvalue weighted by Gasteiger charge is 2.37. The number of anilines is 2. The van der Waals surface area contributed by atoms with Gasteiger partial charge in [-0.15, -0.1) is 0 Å². The fraction of sp³-hybridized carbons (Fsp3) is 0. The van der Waals surface area contributed by atoms with E-state index >= 15 is 0 Å². The summed E-state index contributed by atoms with van der Waals surface area (Å²) in [5.41, 5.74) is 12.5. The maximum atomic E-state index is 10.2. The van der Waals surface area contributed by atoms with E-state index in [1.54, 1.807) is 0 Å². The Balaban J connectivity index is 1.53. The smallest absolute Gasteiger partial charge is 0.326 e. The normalized spacial score (nSPS) is 13.3. The summed E-state index contributed by atoms with van der Waals surface area (Å²) >= 11 is 0. The zero-order valence-corrected chi connectivity index (χ0v) is 25.8. The van der Waals surface area contributed by atoms with Crippen LogP contribution in [0.5, 0.6) is 0 Å². The molecule has 0 saturated carbocycles. The molecule has 7 aromatic rings. The van der Waals surface area contributed by atoms with Gasteiger partial charge in [-0.05, 0) is 64.7 Å². The first kappa shape index (κ1) is 28.0. The Kier molecular flexibility index (Phi) is 7.41. The molecule has 6 aromatic carbocycles. The predicted molar refractivity (Wildman–Crippen MR) is 192 cm³/mol. The maximum absolute atomic E-state index is 10.2. The minimum absolute atomic E-state index is 0.755. The molecule has 1 aliphatic rings. The van der Waals surface area contributed by atoms with Gasteiger partial charge in [-0.3, -0.25) is 0 Å². The Labute approximate surface area is 271 Å². The molecule has 1 atom stereocenters. The quantitative estimate of drug-likeness (QED) is 0.154. The standard InChI is InChI=1S/C41H27BN2OP/c45-42-32-25-26-35-34-23-13-14-24-38(34)44(33-21-11-4-12-22-33)46(39(35)27-32)41-40(31-19-9-3-10-20-31)36(29-15-5-1-6-16-29)28-37(43-41)30-17-7-2-8-18-30/h1-2,4-9,11-28,45H. The van der Waals surface area contributed by atoms with Crippen molar-refractivity contribution in [3.63, 3.8) is 0 Å². The van der Waals surface area contributed by atoms with Crippen molar-refractivity contribution < 1.29 is 5.02 Å². The summed E-state index contributed by atoms with van der Waals surface area (Å²) in [6.07, 6.45) is 0. The number of fused-ring (bicyclic) bond motifs is 3. The summed E-state index contributed by atoms with van der Waals surface area (Å²) in [6, 6.07) is 60.9. The van der Waals surface area contributed by atoms with Gasteiger partial charge in [0.05, 0.1) is 24.9 Å². The van der Waals surface area contributed by atoms with E-state index in [-0.39, 0.29) is 0 Å². The van der Waals surface area contributed by atoms with E-state index in [0.717, 1.165) is 72.2 Å². The number of rotatable bonds is 6. The van der Waals surface area contributed by atoms with E-state index in [1.807, 2.05) is 24.3 Å². The second-order valence-corrected chi connectivity index (χ2v) is 13.0. The predicted octanol–water partition coefficient (Wildman–Crippen LogP) is 8.09. The molecule has 8 rings (SSSR count). The molecule has 2 heterocycles. The largest absolute Gasteiger partial charge is 0.450 e. The first-order valence-corrected chi connectivity index (χ1v) is 16.5. The fourth-order valence-corrected chi connectivity index (χ4v) is 8.99. The zero-order valence-electron chi connectivity index (χ0n) is 24.9. The van der Waals surface area contributed by atoms with Crippen LogP contribution in [-0.4, -0.2) is 17.5 Å². The highest BCUT2D eigenvalue weighted by molar-refractivity contribution is 7.75. The molecule has 0 fully saturated rings. The van der Waals surface area contributed by atoms with Gasteiger partial charge in [0, 0.05) is 27.7 Å². The van der Waals surface area contributed by atoms with Crippen molar-refractivity contribution in [3.8, 4) is 44.6 Å².